The van der Waals surface area contributed by atoms with Gasteiger partial charge in [-0.2, -0.15) is 13.2 Å². The minimum atomic E-state index is -6.09. The lowest BCUT2D eigenvalue weighted by Crippen LogP contribution is -2.64. The van der Waals surface area contributed by atoms with Crippen molar-refractivity contribution < 1.29 is 35.5 Å². The van der Waals surface area contributed by atoms with E-state index in [-0.39, 0.29) is 6.23 Å². The number of hydrogen-bond acceptors (Lipinski definition) is 4. The number of rotatable bonds is 3. The molecule has 0 spiro atoms. The molecule has 0 saturated carbocycles. The molecule has 2 rings (SSSR count). The highest BCUT2D eigenvalue weighted by molar-refractivity contribution is 7.86. The molecule has 0 radical (unpaired) electrons. The Hall–Kier alpha value is -1.65. The number of benzene rings is 1. The van der Waals surface area contributed by atoms with Crippen molar-refractivity contribution in [2.24, 2.45) is 5.92 Å². The second-order valence-electron chi connectivity index (χ2n) is 5.49. The highest BCUT2D eigenvalue weighted by Crippen LogP contribution is 2.33. The van der Waals surface area contributed by atoms with Gasteiger partial charge in [0.05, 0.1) is 14.1 Å². The van der Waals surface area contributed by atoms with Gasteiger partial charge in [-0.3, -0.25) is 4.58 Å². The van der Waals surface area contributed by atoms with E-state index in [9.17, 15) is 13.2 Å². The molecule has 6 nitrogen and oxygen atoms in total. The lowest BCUT2D eigenvalue weighted by atomic mass is 9.95. The molecular weight excluding hydrogens is 361 g/mol. The maximum atomic E-state index is 10.7. The van der Waals surface area contributed by atoms with E-state index in [0.717, 1.165) is 6.61 Å². The second kappa shape index (κ2) is 8.15. The van der Waals surface area contributed by atoms with Crippen LogP contribution < -0.4 is 4.90 Å². The summed E-state index contributed by atoms with van der Waals surface area (Å²) in [4.78, 5) is 2.27. The normalized spacial score (nSPS) is 20.5. The van der Waals surface area contributed by atoms with E-state index in [2.05, 4.69) is 54.8 Å². The number of hydrogen-bond donors (Lipinski definition) is 0. The summed E-state index contributed by atoms with van der Waals surface area (Å²) in [5.74, 6) is 1.76. The Kier molecular flexibility index (Phi) is 6.98. The van der Waals surface area contributed by atoms with E-state index < -0.39 is 15.6 Å². The third-order valence-corrected chi connectivity index (χ3v) is 4.02. The van der Waals surface area contributed by atoms with E-state index in [1.54, 1.807) is 0 Å². The van der Waals surface area contributed by atoms with Crippen LogP contribution in [0, 0.1) is 5.92 Å². The van der Waals surface area contributed by atoms with Gasteiger partial charge < -0.3 is 9.29 Å². The molecule has 0 bridgehead atoms. The highest BCUT2D eigenvalue weighted by atomic mass is 32.2. The second-order valence-corrected chi connectivity index (χ2v) is 6.86. The van der Waals surface area contributed by atoms with E-state index in [1.807, 2.05) is 13.0 Å². The fourth-order valence-corrected chi connectivity index (χ4v) is 2.50. The van der Waals surface area contributed by atoms with Crippen molar-refractivity contribution in [2.45, 2.75) is 25.6 Å². The van der Waals surface area contributed by atoms with Gasteiger partial charge in [0.2, 0.25) is 6.23 Å². The third-order valence-electron chi connectivity index (χ3n) is 3.45. The Morgan fingerprint density at radius 1 is 1.24 bits per heavy atom. The Morgan fingerprint density at radius 3 is 2.08 bits per heavy atom. The minimum Gasteiger partial charge on any atom is -0.741 e. The molecular formula is C15H21F3N2O4S. The maximum Gasteiger partial charge on any atom is 0.485 e. The van der Waals surface area contributed by atoms with Crippen molar-refractivity contribution in [3.05, 3.63) is 30.3 Å². The van der Waals surface area contributed by atoms with Gasteiger partial charge in [-0.05, 0) is 26.0 Å². The predicted molar refractivity (Wildman–Crippen MR) is 86.4 cm³/mol. The van der Waals surface area contributed by atoms with E-state index >= 15 is 0 Å². The molecule has 1 heterocycles. The Balaban J connectivity index is 0.000000333. The molecule has 0 N–H and O–H groups in total. The Bertz CT molecular complexity index is 701. The quantitative estimate of drug-likeness (QED) is 0.455. The van der Waals surface area contributed by atoms with Crippen LogP contribution in [0.3, 0.4) is 0 Å². The first-order valence-electron chi connectivity index (χ1n) is 7.44. The van der Waals surface area contributed by atoms with Crippen molar-refractivity contribution in [3.8, 4) is 0 Å². The van der Waals surface area contributed by atoms with E-state index in [1.165, 1.54) is 11.5 Å². The fraction of sp³-hybridized carbons (Fsp3) is 0.533. The molecule has 0 aromatic heterocycles. The molecule has 2 atom stereocenters. The average Bonchev–Trinajstić information content (AvgIpc) is 2.48. The molecule has 0 aliphatic carbocycles. The first-order valence-corrected chi connectivity index (χ1v) is 8.84. The topological polar surface area (TPSA) is 72.7 Å². The van der Waals surface area contributed by atoms with Gasteiger partial charge in [-0.1, -0.05) is 18.2 Å². The van der Waals surface area contributed by atoms with Crippen molar-refractivity contribution in [1.29, 1.82) is 0 Å². The summed E-state index contributed by atoms with van der Waals surface area (Å²) in [5.41, 5.74) is -4.44. The summed E-state index contributed by atoms with van der Waals surface area (Å²) in [6.45, 7) is 5.01. The number of halogens is 3. The summed E-state index contributed by atoms with van der Waals surface area (Å²) >= 11 is 0. The van der Waals surface area contributed by atoms with Crippen LogP contribution in [0.1, 0.15) is 13.8 Å². The monoisotopic (exact) mass is 382 g/mol. The SMILES string of the molecule is CCO[C@@H]1[C@@H](C)C(=[N+](C)C)N1c1ccccc1.O=S(=O)([O-])C(F)(F)F. The summed E-state index contributed by atoms with van der Waals surface area (Å²) < 4.78 is 66.9. The number of anilines is 1. The molecule has 1 aliphatic heterocycles. The molecule has 10 heteroatoms. The zero-order chi connectivity index (χ0) is 19.4. The van der Waals surface area contributed by atoms with Crippen LogP contribution in [-0.2, 0) is 14.9 Å². The van der Waals surface area contributed by atoms with Crippen LogP contribution in [0.25, 0.3) is 0 Å². The fourth-order valence-electron chi connectivity index (χ4n) is 2.50. The molecule has 1 aliphatic rings. The van der Waals surface area contributed by atoms with Crippen LogP contribution in [-0.4, -0.2) is 55.8 Å². The number of amidine groups is 1. The summed E-state index contributed by atoms with van der Waals surface area (Å²) in [6, 6.07) is 10.4. The van der Waals surface area contributed by atoms with Gasteiger partial charge in [-0.15, -0.1) is 0 Å². The van der Waals surface area contributed by atoms with Crippen LogP contribution >= 0.6 is 0 Å². The maximum absolute atomic E-state index is 10.7. The van der Waals surface area contributed by atoms with Gasteiger partial charge in [0.1, 0.15) is 11.6 Å². The standard InChI is InChI=1S/C14H21N2O.CHF3O3S/c1-5-17-14-11(2)13(15(3)4)16(14)12-9-7-6-8-10-12;2-1(3,4)8(5,6)7/h6-11,14H,5H2,1-4H3;(H,5,6,7)/q+1;/p-1/t11-,14+;/m0./s1. The first kappa shape index (κ1) is 21.4. The predicted octanol–water partition coefficient (Wildman–Crippen LogP) is 2.23. The van der Waals surface area contributed by atoms with Gasteiger partial charge in [0.25, 0.3) is 5.84 Å². The van der Waals surface area contributed by atoms with E-state index in [0.29, 0.717) is 5.92 Å². The average molecular weight is 382 g/mol. The molecule has 0 unspecified atom stereocenters. The molecule has 1 aromatic rings. The zero-order valence-electron chi connectivity index (χ0n) is 14.3. The summed E-state index contributed by atoms with van der Waals surface area (Å²) in [5, 5.41) is 0. The number of ether oxygens (including phenoxy) is 1. The smallest absolute Gasteiger partial charge is 0.485 e. The number of para-hydroxylation sites is 1. The zero-order valence-corrected chi connectivity index (χ0v) is 15.1. The lowest BCUT2D eigenvalue weighted by molar-refractivity contribution is -0.472. The van der Waals surface area contributed by atoms with E-state index in [4.69, 9.17) is 17.7 Å². The van der Waals surface area contributed by atoms with Gasteiger partial charge >= 0.3 is 5.51 Å². The molecule has 142 valence electrons. The molecule has 1 aromatic carbocycles. The van der Waals surface area contributed by atoms with Crippen molar-refractivity contribution >= 4 is 21.6 Å². The summed E-state index contributed by atoms with van der Waals surface area (Å²) in [6.07, 6.45) is 0.166. The minimum absolute atomic E-state index is 0.166. The molecule has 0 amide bonds. The van der Waals surface area contributed by atoms with Crippen LogP contribution in [0.15, 0.2) is 30.3 Å². The summed E-state index contributed by atoms with van der Waals surface area (Å²) in [7, 11) is -1.92. The number of nitrogens with zero attached hydrogens (tertiary/aromatic N) is 2. The van der Waals surface area contributed by atoms with Crippen molar-refractivity contribution in [3.63, 3.8) is 0 Å². The van der Waals surface area contributed by atoms with Gasteiger partial charge in [-0.25, -0.2) is 13.3 Å². The highest BCUT2D eigenvalue weighted by Gasteiger charge is 2.52. The molecule has 1 fully saturated rings. The third kappa shape index (κ3) is 5.16. The first-order chi connectivity index (χ1) is 11.4. The van der Waals surface area contributed by atoms with Gasteiger partial charge in [0.15, 0.2) is 10.1 Å². The van der Waals surface area contributed by atoms with Crippen LogP contribution in [0.5, 0.6) is 0 Å². The Morgan fingerprint density at radius 2 is 1.72 bits per heavy atom. The molecule has 25 heavy (non-hydrogen) atoms. The Labute approximate surface area is 145 Å². The van der Waals surface area contributed by atoms with Crippen LogP contribution in [0.2, 0.25) is 0 Å². The largest absolute Gasteiger partial charge is 0.741 e. The lowest BCUT2D eigenvalue weighted by Gasteiger charge is -2.41. The van der Waals surface area contributed by atoms with Crippen LogP contribution in [0.4, 0.5) is 18.9 Å². The van der Waals surface area contributed by atoms with Crippen molar-refractivity contribution in [2.75, 3.05) is 25.6 Å². The number of alkyl halides is 3. The van der Waals surface area contributed by atoms with Gasteiger partial charge in [0, 0.05) is 6.61 Å². The van der Waals surface area contributed by atoms with Crippen molar-refractivity contribution in [1.82, 2.24) is 0 Å². The molecule has 1 saturated heterocycles.